The molecule has 0 amide bonds. The van der Waals surface area contributed by atoms with Gasteiger partial charge in [0.1, 0.15) is 0 Å². The Morgan fingerprint density at radius 2 is 0.836 bits per heavy atom. The first-order valence-electron chi connectivity index (χ1n) is 18.3. The predicted molar refractivity (Wildman–Crippen MR) is 227 cm³/mol. The Morgan fingerprint density at radius 3 is 1.53 bits per heavy atom. The van der Waals surface area contributed by atoms with Crippen LogP contribution >= 0.6 is 0 Å². The normalized spacial score (nSPS) is 11.6. The maximum atomic E-state index is 8.04. The van der Waals surface area contributed by atoms with Gasteiger partial charge in [0.15, 0.2) is 11.4 Å². The molecule has 8 aromatic carbocycles. The summed E-state index contributed by atoms with van der Waals surface area (Å²) in [5.74, 6) is 0. The lowest BCUT2D eigenvalue weighted by Gasteiger charge is -2.20. The Bertz CT molecular complexity index is 3420. The molecule has 0 saturated carbocycles. The van der Waals surface area contributed by atoms with Crippen molar-refractivity contribution in [3.63, 3.8) is 0 Å². The minimum atomic E-state index is 0.550. The molecule has 0 saturated heterocycles. The van der Waals surface area contributed by atoms with Gasteiger partial charge in [-0.2, -0.15) is 0 Å². The average Bonchev–Trinajstić information content (AvgIpc) is 3.89. The van der Waals surface area contributed by atoms with Gasteiger partial charge < -0.3 is 13.7 Å². The molecule has 0 bridgehead atoms. The van der Waals surface area contributed by atoms with Gasteiger partial charge in [-0.25, -0.2) is 9.69 Å². The highest BCUT2D eigenvalue weighted by atomic mass is 15.1. The van der Waals surface area contributed by atoms with Crippen molar-refractivity contribution >= 4 is 76.8 Å². The summed E-state index contributed by atoms with van der Waals surface area (Å²) < 4.78 is 7.07. The summed E-state index contributed by atoms with van der Waals surface area (Å²) in [5, 5.41) is 6.70. The largest absolute Gasteiger partial charge is 0.311 e. The van der Waals surface area contributed by atoms with Crippen LogP contribution in [0, 0.1) is 13.1 Å². The number of fused-ring (bicyclic) bond motifs is 9. The van der Waals surface area contributed by atoms with E-state index in [-0.39, 0.29) is 0 Å². The van der Waals surface area contributed by atoms with E-state index in [9.17, 15) is 0 Å². The van der Waals surface area contributed by atoms with E-state index in [4.69, 9.17) is 13.1 Å². The number of benzene rings is 8. The van der Waals surface area contributed by atoms with E-state index in [1.165, 1.54) is 21.5 Å². The molecule has 11 rings (SSSR count). The summed E-state index contributed by atoms with van der Waals surface area (Å²) in [6, 6.07) is 61.4. The number of rotatable bonds is 4. The molecule has 254 valence electrons. The van der Waals surface area contributed by atoms with E-state index in [1.807, 2.05) is 36.4 Å². The standard InChI is InChI=1S/C50H29N5/c1-51-32-29-30-37(48(31-32)54-45-26-12-7-19-39(45)49-40(52-2)21-14-27-46(49)54)35-17-5-10-24-43(35)55-44-25-11-6-18-36(44)38-20-13-28-47(50(38)55)53-41-22-8-3-15-33(41)34-16-4-9-23-42(34)53/h3-31H. The van der Waals surface area contributed by atoms with Crippen molar-refractivity contribution in [3.8, 4) is 28.2 Å². The van der Waals surface area contributed by atoms with E-state index >= 15 is 0 Å². The summed E-state index contributed by atoms with van der Waals surface area (Å²) in [4.78, 5) is 7.82. The molecule has 11 aromatic rings. The van der Waals surface area contributed by atoms with E-state index in [0.29, 0.717) is 11.4 Å². The first-order valence-corrected chi connectivity index (χ1v) is 18.3. The molecule has 5 heteroatoms. The molecule has 3 heterocycles. The van der Waals surface area contributed by atoms with Crippen LogP contribution in [0.15, 0.2) is 176 Å². The van der Waals surface area contributed by atoms with Crippen LogP contribution in [0.4, 0.5) is 11.4 Å². The number of nitrogens with zero attached hydrogens (tertiary/aromatic N) is 5. The molecule has 0 aliphatic rings. The first kappa shape index (κ1) is 30.7. The van der Waals surface area contributed by atoms with Crippen molar-refractivity contribution in [3.05, 3.63) is 199 Å². The lowest BCUT2D eigenvalue weighted by molar-refractivity contribution is 1.13. The van der Waals surface area contributed by atoms with Gasteiger partial charge in [-0.15, -0.1) is 0 Å². The van der Waals surface area contributed by atoms with Crippen molar-refractivity contribution in [2.75, 3.05) is 0 Å². The molecular formula is C50H29N5. The maximum absolute atomic E-state index is 8.04. The third kappa shape index (κ3) is 4.33. The van der Waals surface area contributed by atoms with Gasteiger partial charge in [-0.3, -0.25) is 0 Å². The van der Waals surface area contributed by atoms with Crippen LogP contribution in [0.2, 0.25) is 0 Å². The fourth-order valence-electron chi connectivity index (χ4n) is 8.87. The van der Waals surface area contributed by atoms with Gasteiger partial charge in [0.25, 0.3) is 0 Å². The molecule has 0 aliphatic carbocycles. The molecule has 5 nitrogen and oxygen atoms in total. The summed E-state index contributed by atoms with van der Waals surface area (Å²) in [5.41, 5.74) is 12.6. The number of hydrogen-bond donors (Lipinski definition) is 0. The molecule has 0 atom stereocenters. The minimum absolute atomic E-state index is 0.550. The van der Waals surface area contributed by atoms with Gasteiger partial charge in [-0.1, -0.05) is 127 Å². The quantitative estimate of drug-likeness (QED) is 0.163. The number of para-hydroxylation sites is 6. The second kappa shape index (κ2) is 11.8. The zero-order valence-electron chi connectivity index (χ0n) is 29.5. The smallest absolute Gasteiger partial charge is 0.197 e. The monoisotopic (exact) mass is 699 g/mol. The fourth-order valence-corrected chi connectivity index (χ4v) is 8.87. The molecular weight excluding hydrogens is 671 g/mol. The predicted octanol–water partition coefficient (Wildman–Crippen LogP) is 13.7. The van der Waals surface area contributed by atoms with Crippen LogP contribution in [-0.4, -0.2) is 13.7 Å². The SMILES string of the molecule is [C-]#[N+]c1ccc(-c2ccccc2-n2c3ccccc3c3cccc(-n4c5ccccc5c5ccccc54)c32)c(-n2c3ccccc3c3c([N+]#[C-])cccc32)c1. The molecule has 0 unspecified atom stereocenters. The second-order valence-corrected chi connectivity index (χ2v) is 13.9. The van der Waals surface area contributed by atoms with Crippen molar-refractivity contribution < 1.29 is 0 Å². The zero-order chi connectivity index (χ0) is 36.6. The van der Waals surface area contributed by atoms with Crippen LogP contribution in [0.25, 0.3) is 103 Å². The van der Waals surface area contributed by atoms with E-state index < -0.39 is 0 Å². The third-order valence-electron chi connectivity index (χ3n) is 11.1. The van der Waals surface area contributed by atoms with E-state index in [0.717, 1.165) is 72.1 Å². The highest BCUT2D eigenvalue weighted by molar-refractivity contribution is 6.17. The topological polar surface area (TPSA) is 23.5 Å². The number of aromatic nitrogens is 3. The van der Waals surface area contributed by atoms with Gasteiger partial charge in [0.2, 0.25) is 0 Å². The number of hydrogen-bond acceptors (Lipinski definition) is 0. The van der Waals surface area contributed by atoms with Gasteiger partial charge in [-0.05, 0) is 53.9 Å². The molecule has 0 fully saturated rings. The molecule has 3 aromatic heterocycles. The second-order valence-electron chi connectivity index (χ2n) is 13.9. The Balaban J connectivity index is 1.27. The highest BCUT2D eigenvalue weighted by Crippen LogP contribution is 2.45. The Kier molecular flexibility index (Phi) is 6.61. The fraction of sp³-hybridized carbons (Fsp3) is 0. The summed E-state index contributed by atoms with van der Waals surface area (Å²) in [6.45, 7) is 16.1. The van der Waals surface area contributed by atoms with Crippen molar-refractivity contribution in [2.45, 2.75) is 0 Å². The summed E-state index contributed by atoms with van der Waals surface area (Å²) >= 11 is 0. The van der Waals surface area contributed by atoms with Crippen LogP contribution < -0.4 is 0 Å². The molecule has 0 aliphatic heterocycles. The lowest BCUT2D eigenvalue weighted by atomic mass is 10.00. The van der Waals surface area contributed by atoms with E-state index in [1.54, 1.807) is 0 Å². The van der Waals surface area contributed by atoms with Crippen molar-refractivity contribution in [1.82, 2.24) is 13.7 Å². The maximum Gasteiger partial charge on any atom is 0.197 e. The molecule has 0 spiro atoms. The average molecular weight is 700 g/mol. The van der Waals surface area contributed by atoms with Gasteiger partial charge in [0, 0.05) is 49.3 Å². The molecule has 0 radical (unpaired) electrons. The van der Waals surface area contributed by atoms with Gasteiger partial charge in [0.05, 0.1) is 52.1 Å². The first-order chi connectivity index (χ1) is 27.2. The van der Waals surface area contributed by atoms with Gasteiger partial charge >= 0.3 is 0 Å². The van der Waals surface area contributed by atoms with Crippen molar-refractivity contribution in [2.24, 2.45) is 0 Å². The Labute approximate surface area is 316 Å². The minimum Gasteiger partial charge on any atom is -0.311 e. The molecule has 0 N–H and O–H groups in total. The van der Waals surface area contributed by atoms with Crippen LogP contribution in [-0.2, 0) is 0 Å². The van der Waals surface area contributed by atoms with E-state index in [2.05, 4.69) is 163 Å². The van der Waals surface area contributed by atoms with Crippen LogP contribution in [0.1, 0.15) is 0 Å². The Hall–Kier alpha value is -7.86. The highest BCUT2D eigenvalue weighted by Gasteiger charge is 2.23. The Morgan fingerprint density at radius 1 is 0.345 bits per heavy atom. The molecule has 55 heavy (non-hydrogen) atoms. The van der Waals surface area contributed by atoms with Crippen LogP contribution in [0.5, 0.6) is 0 Å². The third-order valence-corrected chi connectivity index (χ3v) is 11.1. The summed E-state index contributed by atoms with van der Waals surface area (Å²) in [7, 11) is 0. The summed E-state index contributed by atoms with van der Waals surface area (Å²) in [6.07, 6.45) is 0. The van der Waals surface area contributed by atoms with Crippen LogP contribution in [0.3, 0.4) is 0 Å². The lowest BCUT2D eigenvalue weighted by Crippen LogP contribution is -2.03. The van der Waals surface area contributed by atoms with Crippen molar-refractivity contribution in [1.29, 1.82) is 0 Å². The zero-order valence-corrected chi connectivity index (χ0v) is 29.5.